The van der Waals surface area contributed by atoms with Crippen molar-refractivity contribution in [1.82, 2.24) is 19.9 Å². The molecule has 2 saturated heterocycles. The maximum Gasteiger partial charge on any atom is 0.279 e. The van der Waals surface area contributed by atoms with Gasteiger partial charge in [0.05, 0.1) is 25.1 Å². The topological polar surface area (TPSA) is 122 Å². The van der Waals surface area contributed by atoms with E-state index in [2.05, 4.69) is 50.0 Å². The van der Waals surface area contributed by atoms with Gasteiger partial charge >= 0.3 is 0 Å². The second kappa shape index (κ2) is 10.7. The fourth-order valence-electron chi connectivity index (χ4n) is 5.28. The van der Waals surface area contributed by atoms with E-state index in [9.17, 15) is 4.79 Å². The average Bonchev–Trinajstić information content (AvgIpc) is 2.98. The van der Waals surface area contributed by atoms with Gasteiger partial charge in [-0.15, -0.1) is 0 Å². The molecule has 206 valence electrons. The Bertz CT molecular complexity index is 1540. The Morgan fingerprint density at radius 1 is 0.975 bits per heavy atom. The predicted octanol–water partition coefficient (Wildman–Crippen LogP) is 4.38. The van der Waals surface area contributed by atoms with Gasteiger partial charge in [-0.1, -0.05) is 38.1 Å². The van der Waals surface area contributed by atoms with Crippen molar-refractivity contribution in [2.24, 2.45) is 5.41 Å². The predicted molar refractivity (Wildman–Crippen MR) is 158 cm³/mol. The van der Waals surface area contributed by atoms with E-state index >= 15 is 0 Å². The van der Waals surface area contributed by atoms with E-state index in [1.54, 1.807) is 12.4 Å². The number of nitrogen functional groups attached to an aromatic ring is 1. The third kappa shape index (κ3) is 5.27. The van der Waals surface area contributed by atoms with Crippen molar-refractivity contribution in [2.75, 3.05) is 60.2 Å². The van der Waals surface area contributed by atoms with Crippen molar-refractivity contribution >= 4 is 39.8 Å². The van der Waals surface area contributed by atoms with Gasteiger partial charge in [-0.2, -0.15) is 0 Å². The molecule has 3 N–H and O–H groups in total. The van der Waals surface area contributed by atoms with E-state index in [1.807, 2.05) is 36.4 Å². The van der Waals surface area contributed by atoms with Crippen LogP contribution in [0.5, 0.6) is 0 Å². The summed E-state index contributed by atoms with van der Waals surface area (Å²) in [6.45, 7) is 9.20. The van der Waals surface area contributed by atoms with Crippen molar-refractivity contribution in [3.05, 3.63) is 60.6 Å². The second-order valence-electron chi connectivity index (χ2n) is 11.1. The van der Waals surface area contributed by atoms with E-state index in [-0.39, 0.29) is 11.5 Å². The molecule has 0 unspecified atom stereocenters. The molecular weight excluding hydrogens is 504 g/mol. The molecule has 6 rings (SSSR count). The highest BCUT2D eigenvalue weighted by molar-refractivity contribution is 6.07. The number of amides is 1. The van der Waals surface area contributed by atoms with Gasteiger partial charge in [-0.25, -0.2) is 19.9 Å². The minimum atomic E-state index is -0.460. The number of hydrogen-bond donors (Lipinski definition) is 2. The number of benzene rings is 1. The normalized spacial score (nSPS) is 17.1. The summed E-state index contributed by atoms with van der Waals surface area (Å²) < 4.78 is 5.53. The van der Waals surface area contributed by atoms with Gasteiger partial charge in [-0.3, -0.25) is 4.79 Å². The van der Waals surface area contributed by atoms with Crippen LogP contribution >= 0.6 is 0 Å². The first-order valence-corrected chi connectivity index (χ1v) is 13.7. The molecular formula is C30H34N8O2. The number of hydrogen-bond acceptors (Lipinski definition) is 9. The Hall–Kier alpha value is -4.31. The summed E-state index contributed by atoms with van der Waals surface area (Å²) in [5, 5.41) is 4.90. The van der Waals surface area contributed by atoms with Gasteiger partial charge in [0.1, 0.15) is 17.2 Å². The lowest BCUT2D eigenvalue weighted by Gasteiger charge is -2.38. The molecule has 0 bridgehead atoms. The van der Waals surface area contributed by atoms with E-state index in [4.69, 9.17) is 15.5 Å². The Balaban J connectivity index is 1.33. The molecule has 2 aliphatic heterocycles. The summed E-state index contributed by atoms with van der Waals surface area (Å²) in [6, 6.07) is 14.0. The summed E-state index contributed by atoms with van der Waals surface area (Å²) in [6.07, 6.45) is 5.39. The third-order valence-electron chi connectivity index (χ3n) is 7.80. The monoisotopic (exact) mass is 538 g/mol. The molecule has 0 spiro atoms. The summed E-state index contributed by atoms with van der Waals surface area (Å²) >= 11 is 0. The Kier molecular flexibility index (Phi) is 6.93. The van der Waals surface area contributed by atoms with Crippen LogP contribution in [0.3, 0.4) is 0 Å². The summed E-state index contributed by atoms with van der Waals surface area (Å²) in [4.78, 5) is 36.5. The molecule has 0 radical (unpaired) electrons. The SMILES string of the molecule is CC1(C)CCN(c2cccnc2NC(=O)c2nc(-c3nc(N4CCOCC4)cc4ccccc34)cnc2N)CC1. The molecule has 40 heavy (non-hydrogen) atoms. The Morgan fingerprint density at radius 3 is 2.55 bits per heavy atom. The van der Waals surface area contributed by atoms with Crippen LogP contribution in [0.4, 0.5) is 23.1 Å². The fraction of sp³-hybridized carbons (Fsp3) is 0.367. The number of rotatable bonds is 5. The zero-order valence-electron chi connectivity index (χ0n) is 22.9. The number of anilines is 4. The van der Waals surface area contributed by atoms with Gasteiger partial charge in [-0.05, 0) is 41.8 Å². The first-order valence-electron chi connectivity index (χ1n) is 13.7. The molecule has 2 aliphatic rings. The number of morpholine rings is 1. The largest absolute Gasteiger partial charge is 0.382 e. The number of nitrogens with zero attached hydrogens (tertiary/aromatic N) is 6. The van der Waals surface area contributed by atoms with Crippen molar-refractivity contribution in [3.8, 4) is 11.4 Å². The molecule has 0 saturated carbocycles. The zero-order chi connectivity index (χ0) is 27.7. The van der Waals surface area contributed by atoms with Crippen molar-refractivity contribution in [1.29, 1.82) is 0 Å². The van der Waals surface area contributed by atoms with Gasteiger partial charge in [0.2, 0.25) is 0 Å². The maximum atomic E-state index is 13.5. The number of carbonyl (C=O) groups excluding carboxylic acids is 1. The number of ether oxygens (including phenoxy) is 1. The van der Waals surface area contributed by atoms with Crippen molar-refractivity contribution < 1.29 is 9.53 Å². The van der Waals surface area contributed by atoms with Crippen LogP contribution in [0.25, 0.3) is 22.2 Å². The van der Waals surface area contributed by atoms with Crippen LogP contribution in [0.1, 0.15) is 37.2 Å². The van der Waals surface area contributed by atoms with Gasteiger partial charge in [0.25, 0.3) is 5.91 Å². The molecule has 0 aliphatic carbocycles. The molecule has 10 nitrogen and oxygen atoms in total. The molecule has 3 aromatic heterocycles. The Labute approximate surface area is 233 Å². The first kappa shape index (κ1) is 25.9. The van der Waals surface area contributed by atoms with Crippen LogP contribution in [-0.2, 0) is 4.74 Å². The number of piperidine rings is 1. The van der Waals surface area contributed by atoms with E-state index < -0.39 is 5.91 Å². The molecule has 0 atom stereocenters. The number of aromatic nitrogens is 4. The van der Waals surface area contributed by atoms with Crippen LogP contribution in [0, 0.1) is 5.41 Å². The number of pyridine rings is 2. The van der Waals surface area contributed by atoms with E-state index in [0.717, 1.165) is 61.3 Å². The van der Waals surface area contributed by atoms with Gasteiger partial charge in [0.15, 0.2) is 17.3 Å². The zero-order valence-corrected chi connectivity index (χ0v) is 22.9. The third-order valence-corrected chi connectivity index (χ3v) is 7.80. The quantitative estimate of drug-likeness (QED) is 0.381. The lowest BCUT2D eigenvalue weighted by molar-refractivity contribution is 0.102. The van der Waals surface area contributed by atoms with E-state index in [0.29, 0.717) is 35.8 Å². The lowest BCUT2D eigenvalue weighted by atomic mass is 9.82. The Morgan fingerprint density at radius 2 is 1.75 bits per heavy atom. The van der Waals surface area contributed by atoms with Crippen LogP contribution < -0.4 is 20.9 Å². The molecule has 5 heterocycles. The summed E-state index contributed by atoms with van der Waals surface area (Å²) in [5.41, 5.74) is 8.55. The minimum absolute atomic E-state index is 0.0385. The number of fused-ring (bicyclic) bond motifs is 1. The van der Waals surface area contributed by atoms with Crippen LogP contribution in [0.2, 0.25) is 0 Å². The molecule has 10 heteroatoms. The molecule has 2 fully saturated rings. The van der Waals surface area contributed by atoms with Crippen molar-refractivity contribution in [3.63, 3.8) is 0 Å². The minimum Gasteiger partial charge on any atom is -0.382 e. The standard InChI is InChI=1S/C30H34N8O2/c1-30(2)9-12-37(13-10-30)23-8-5-11-32-28(23)36-29(39)26-27(31)33-19-22(34-26)25-21-7-4-3-6-20(21)18-24(35-25)38-14-16-40-17-15-38/h3-8,11,18-19H,9-10,12-17H2,1-2H3,(H2,31,33)(H,32,36,39). The fourth-order valence-corrected chi connectivity index (χ4v) is 5.28. The molecule has 1 aromatic carbocycles. The van der Waals surface area contributed by atoms with Crippen LogP contribution in [-0.4, -0.2) is 65.2 Å². The number of nitrogens with two attached hydrogens (primary N) is 1. The molecule has 4 aromatic rings. The van der Waals surface area contributed by atoms with Gasteiger partial charge in [0, 0.05) is 37.8 Å². The number of carbonyl (C=O) groups is 1. The van der Waals surface area contributed by atoms with E-state index in [1.165, 1.54) is 0 Å². The smallest absolute Gasteiger partial charge is 0.279 e. The average molecular weight is 539 g/mol. The summed E-state index contributed by atoms with van der Waals surface area (Å²) in [5.74, 6) is 0.908. The second-order valence-corrected chi connectivity index (χ2v) is 11.1. The number of nitrogens with one attached hydrogen (secondary N) is 1. The molecule has 1 amide bonds. The maximum absolute atomic E-state index is 13.5. The highest BCUT2D eigenvalue weighted by Crippen LogP contribution is 2.35. The first-order chi connectivity index (χ1) is 19.4. The highest BCUT2D eigenvalue weighted by Gasteiger charge is 2.27. The highest BCUT2D eigenvalue weighted by atomic mass is 16.5. The van der Waals surface area contributed by atoms with Gasteiger partial charge < -0.3 is 25.6 Å². The van der Waals surface area contributed by atoms with Crippen molar-refractivity contribution in [2.45, 2.75) is 26.7 Å². The summed E-state index contributed by atoms with van der Waals surface area (Å²) in [7, 11) is 0. The van der Waals surface area contributed by atoms with Crippen LogP contribution in [0.15, 0.2) is 54.9 Å². The lowest BCUT2D eigenvalue weighted by Crippen LogP contribution is -2.38.